The summed E-state index contributed by atoms with van der Waals surface area (Å²) < 4.78 is 5.19. The number of benzene rings is 2. The maximum absolute atomic E-state index is 12.7. The van der Waals surface area contributed by atoms with Crippen molar-refractivity contribution in [1.82, 2.24) is 0 Å². The number of methoxy groups -OCH3 is 1. The second-order valence-electron chi connectivity index (χ2n) is 6.04. The highest BCUT2D eigenvalue weighted by Crippen LogP contribution is 2.30. The lowest BCUT2D eigenvalue weighted by atomic mass is 9.90. The van der Waals surface area contributed by atoms with Gasteiger partial charge in [-0.15, -0.1) is 0 Å². The average molecular weight is 372 g/mol. The molecule has 2 rings (SSSR count). The Balaban J connectivity index is 2.21. The van der Waals surface area contributed by atoms with Crippen LogP contribution in [0.5, 0.6) is 5.75 Å². The summed E-state index contributed by atoms with van der Waals surface area (Å²) in [6.45, 7) is 2.98. The number of hydrogen-bond donors (Lipinski definition) is 2. The summed E-state index contributed by atoms with van der Waals surface area (Å²) in [5, 5.41) is 14.8. The van der Waals surface area contributed by atoms with E-state index in [4.69, 9.17) is 21.6 Å². The van der Waals surface area contributed by atoms with Crippen molar-refractivity contribution in [2.24, 2.45) is 5.41 Å². The molecule has 0 aliphatic carbocycles. The summed E-state index contributed by atoms with van der Waals surface area (Å²) in [6.07, 6.45) is 0. The number of amides is 2. The van der Waals surface area contributed by atoms with Gasteiger partial charge in [-0.25, -0.2) is 0 Å². The van der Waals surface area contributed by atoms with E-state index in [1.54, 1.807) is 36.4 Å². The van der Waals surface area contributed by atoms with Crippen LogP contribution in [-0.4, -0.2) is 18.9 Å². The smallest absolute Gasteiger partial charge is 0.239 e. The number of nitrogens with zero attached hydrogens (tertiary/aromatic N) is 1. The third-order valence-electron chi connectivity index (χ3n) is 3.84. The molecule has 2 amide bonds. The molecule has 26 heavy (non-hydrogen) atoms. The van der Waals surface area contributed by atoms with Gasteiger partial charge in [-0.1, -0.05) is 23.7 Å². The maximum atomic E-state index is 12.7. The Bertz CT molecular complexity index is 888. The van der Waals surface area contributed by atoms with E-state index in [9.17, 15) is 9.59 Å². The van der Waals surface area contributed by atoms with Gasteiger partial charge in [-0.3, -0.25) is 9.59 Å². The van der Waals surface area contributed by atoms with Crippen LogP contribution in [-0.2, 0) is 9.59 Å². The molecule has 6 nitrogen and oxygen atoms in total. The molecule has 0 radical (unpaired) electrons. The first-order valence-electron chi connectivity index (χ1n) is 7.75. The summed E-state index contributed by atoms with van der Waals surface area (Å²) in [7, 11) is 1.47. The highest BCUT2D eigenvalue weighted by molar-refractivity contribution is 6.31. The van der Waals surface area contributed by atoms with E-state index < -0.39 is 17.2 Å². The molecule has 0 aliphatic rings. The lowest BCUT2D eigenvalue weighted by Gasteiger charge is -2.23. The van der Waals surface area contributed by atoms with E-state index in [2.05, 4.69) is 10.6 Å². The van der Waals surface area contributed by atoms with Gasteiger partial charge in [-0.05, 0) is 44.2 Å². The van der Waals surface area contributed by atoms with E-state index in [1.165, 1.54) is 27.0 Å². The molecule has 0 bridgehead atoms. The zero-order valence-electron chi connectivity index (χ0n) is 14.6. The standard InChI is InChI=1S/C19H18ClN3O3/c1-19(2,17(24)22-14-7-5-4-6-12(14)11-21)18(25)23-15-10-13(20)8-9-16(15)26-3/h4-10H,1-3H3,(H,22,24)(H,23,25). The fourth-order valence-electron chi connectivity index (χ4n) is 2.13. The number of hydrogen-bond acceptors (Lipinski definition) is 4. The molecular weight excluding hydrogens is 354 g/mol. The Labute approximate surface area is 156 Å². The van der Waals surface area contributed by atoms with Gasteiger partial charge < -0.3 is 15.4 Å². The zero-order valence-corrected chi connectivity index (χ0v) is 15.3. The van der Waals surface area contributed by atoms with Gasteiger partial charge in [0.1, 0.15) is 17.2 Å². The summed E-state index contributed by atoms with van der Waals surface area (Å²) in [5.41, 5.74) is -0.381. The van der Waals surface area contributed by atoms with Gasteiger partial charge in [0.25, 0.3) is 0 Å². The SMILES string of the molecule is COc1ccc(Cl)cc1NC(=O)C(C)(C)C(=O)Nc1ccccc1C#N. The normalized spacial score (nSPS) is 10.6. The average Bonchev–Trinajstić information content (AvgIpc) is 2.62. The largest absolute Gasteiger partial charge is 0.495 e. The molecule has 0 atom stereocenters. The van der Waals surface area contributed by atoms with Crippen LogP contribution in [0.4, 0.5) is 11.4 Å². The first kappa shape index (κ1) is 19.3. The number of rotatable bonds is 5. The number of anilines is 2. The molecule has 2 aromatic rings. The molecule has 134 valence electrons. The van der Waals surface area contributed by atoms with Crippen LogP contribution in [0.1, 0.15) is 19.4 Å². The van der Waals surface area contributed by atoms with E-state index in [0.29, 0.717) is 27.7 Å². The first-order valence-corrected chi connectivity index (χ1v) is 8.13. The van der Waals surface area contributed by atoms with Gasteiger partial charge in [0.15, 0.2) is 0 Å². The Kier molecular flexibility index (Phi) is 5.86. The summed E-state index contributed by atoms with van der Waals surface area (Å²) in [6, 6.07) is 13.4. The summed E-state index contributed by atoms with van der Waals surface area (Å²) >= 11 is 5.96. The Morgan fingerprint density at radius 1 is 1.08 bits per heavy atom. The molecule has 0 heterocycles. The minimum Gasteiger partial charge on any atom is -0.495 e. The fraction of sp³-hybridized carbons (Fsp3) is 0.211. The number of nitriles is 1. The summed E-state index contributed by atoms with van der Waals surface area (Å²) in [4.78, 5) is 25.3. The topological polar surface area (TPSA) is 91.2 Å². The maximum Gasteiger partial charge on any atom is 0.239 e. The molecule has 0 fully saturated rings. The van der Waals surface area contributed by atoms with Crippen LogP contribution in [0.2, 0.25) is 5.02 Å². The van der Waals surface area contributed by atoms with Crippen molar-refractivity contribution < 1.29 is 14.3 Å². The highest BCUT2D eigenvalue weighted by Gasteiger charge is 2.37. The van der Waals surface area contributed by atoms with Crippen LogP contribution in [0.25, 0.3) is 0 Å². The van der Waals surface area contributed by atoms with Crippen LogP contribution >= 0.6 is 11.6 Å². The zero-order chi connectivity index (χ0) is 19.3. The fourth-order valence-corrected chi connectivity index (χ4v) is 2.30. The van der Waals surface area contributed by atoms with Crippen LogP contribution in [0.3, 0.4) is 0 Å². The number of para-hydroxylation sites is 1. The molecule has 0 unspecified atom stereocenters. The molecular formula is C19H18ClN3O3. The van der Waals surface area contributed by atoms with Crippen molar-refractivity contribution in [1.29, 1.82) is 5.26 Å². The molecule has 0 aromatic heterocycles. The monoisotopic (exact) mass is 371 g/mol. The molecule has 2 N–H and O–H groups in total. The summed E-state index contributed by atoms with van der Waals surface area (Å²) in [5.74, 6) is -0.655. The van der Waals surface area contributed by atoms with E-state index >= 15 is 0 Å². The van der Waals surface area contributed by atoms with Gasteiger partial charge in [0.05, 0.1) is 24.0 Å². The van der Waals surface area contributed by atoms with E-state index in [-0.39, 0.29) is 0 Å². The predicted molar refractivity (Wildman–Crippen MR) is 100 cm³/mol. The second kappa shape index (κ2) is 7.89. The lowest BCUT2D eigenvalue weighted by molar-refractivity contribution is -0.135. The van der Waals surface area contributed by atoms with Gasteiger partial charge in [-0.2, -0.15) is 5.26 Å². The molecule has 0 saturated carbocycles. The number of halogens is 1. The number of carbonyl (C=O) groups is 2. The minimum atomic E-state index is -1.41. The van der Waals surface area contributed by atoms with Crippen LogP contribution in [0.15, 0.2) is 42.5 Å². The molecule has 0 spiro atoms. The quantitative estimate of drug-likeness (QED) is 0.781. The van der Waals surface area contributed by atoms with Gasteiger partial charge >= 0.3 is 0 Å². The molecule has 0 aliphatic heterocycles. The van der Waals surface area contributed by atoms with Gasteiger partial charge in [0.2, 0.25) is 11.8 Å². The van der Waals surface area contributed by atoms with Crippen molar-refractivity contribution in [3.8, 4) is 11.8 Å². The Hall–Kier alpha value is -3.04. The van der Waals surface area contributed by atoms with Crippen LogP contribution in [0, 0.1) is 16.7 Å². The third kappa shape index (κ3) is 4.13. The van der Waals surface area contributed by atoms with E-state index in [1.807, 2.05) is 6.07 Å². The van der Waals surface area contributed by atoms with Crippen molar-refractivity contribution in [2.45, 2.75) is 13.8 Å². The number of nitrogens with one attached hydrogen (secondary N) is 2. The highest BCUT2D eigenvalue weighted by atomic mass is 35.5. The van der Waals surface area contributed by atoms with Gasteiger partial charge in [0, 0.05) is 5.02 Å². The second-order valence-corrected chi connectivity index (χ2v) is 6.47. The van der Waals surface area contributed by atoms with Crippen molar-refractivity contribution in [2.75, 3.05) is 17.7 Å². The number of ether oxygens (including phenoxy) is 1. The lowest BCUT2D eigenvalue weighted by Crippen LogP contribution is -2.41. The predicted octanol–water partition coefficient (Wildman–Crippen LogP) is 3.82. The minimum absolute atomic E-state index is 0.313. The van der Waals surface area contributed by atoms with Crippen molar-refractivity contribution >= 4 is 34.8 Å². The first-order chi connectivity index (χ1) is 12.3. The molecule has 2 aromatic carbocycles. The molecule has 0 saturated heterocycles. The Morgan fingerprint density at radius 2 is 1.69 bits per heavy atom. The third-order valence-corrected chi connectivity index (χ3v) is 4.08. The number of carbonyl (C=O) groups excluding carboxylic acids is 2. The van der Waals surface area contributed by atoms with Crippen molar-refractivity contribution in [3.05, 3.63) is 53.1 Å². The van der Waals surface area contributed by atoms with E-state index in [0.717, 1.165) is 0 Å². The Morgan fingerprint density at radius 3 is 2.31 bits per heavy atom. The van der Waals surface area contributed by atoms with Crippen molar-refractivity contribution in [3.63, 3.8) is 0 Å². The molecule has 7 heteroatoms. The van der Waals surface area contributed by atoms with Crippen LogP contribution < -0.4 is 15.4 Å².